The maximum atomic E-state index is 13.0. The first-order valence-corrected chi connectivity index (χ1v) is 11.2. The molecule has 28 heavy (non-hydrogen) atoms. The second-order valence-corrected chi connectivity index (χ2v) is 9.60. The number of hydrogen-bond acceptors (Lipinski definition) is 4. The quantitative estimate of drug-likeness (QED) is 0.841. The summed E-state index contributed by atoms with van der Waals surface area (Å²) in [6.45, 7) is 5.28. The van der Waals surface area contributed by atoms with Crippen LogP contribution in [0.5, 0.6) is 0 Å². The van der Waals surface area contributed by atoms with Crippen LogP contribution < -0.4 is 0 Å². The lowest BCUT2D eigenvalue weighted by atomic mass is 10.1. The highest BCUT2D eigenvalue weighted by Crippen LogP contribution is 2.26. The average Bonchev–Trinajstić information content (AvgIpc) is 3.29. The molecule has 2 aromatic rings. The van der Waals surface area contributed by atoms with Gasteiger partial charge >= 0.3 is 0 Å². The molecule has 0 spiro atoms. The number of carbonyl (C=O) groups is 1. The Balaban J connectivity index is 1.41. The lowest BCUT2D eigenvalue weighted by Gasteiger charge is -2.34. The van der Waals surface area contributed by atoms with E-state index < -0.39 is 10.0 Å². The molecule has 7 nitrogen and oxygen atoms in total. The molecule has 2 aliphatic rings. The second kappa shape index (κ2) is 7.33. The molecule has 8 heteroatoms. The minimum absolute atomic E-state index is 0.0159. The molecule has 2 heterocycles. The van der Waals surface area contributed by atoms with Gasteiger partial charge in [0.25, 0.3) is 0 Å². The summed E-state index contributed by atoms with van der Waals surface area (Å²) >= 11 is 0. The summed E-state index contributed by atoms with van der Waals surface area (Å²) in [5.41, 5.74) is 5.09. The standard InChI is InChI=1S/C20H26N4O3S/c1-14-19(15(2)22-21-14)13-20(25)23-8-10-24(11-9-23)28(26,27)18-7-6-16-4-3-5-17(16)12-18/h6-7,12H,3-5,8-11,13H2,1-2H3,(H,21,22). The number of aromatic amines is 1. The van der Waals surface area contributed by atoms with Gasteiger partial charge in [-0.1, -0.05) is 6.07 Å². The molecule has 0 atom stereocenters. The highest BCUT2D eigenvalue weighted by molar-refractivity contribution is 7.89. The molecular weight excluding hydrogens is 376 g/mol. The van der Waals surface area contributed by atoms with E-state index in [1.54, 1.807) is 11.0 Å². The van der Waals surface area contributed by atoms with Crippen molar-refractivity contribution in [3.05, 3.63) is 46.3 Å². The van der Waals surface area contributed by atoms with Gasteiger partial charge in [-0.15, -0.1) is 0 Å². The fourth-order valence-corrected chi connectivity index (χ4v) is 5.61. The number of aryl methyl sites for hydroxylation is 4. The number of piperazine rings is 1. The molecule has 0 bridgehead atoms. The maximum Gasteiger partial charge on any atom is 0.243 e. The van der Waals surface area contributed by atoms with Crippen molar-refractivity contribution in [1.82, 2.24) is 19.4 Å². The van der Waals surface area contributed by atoms with Crippen LogP contribution in [-0.4, -0.2) is 59.9 Å². The van der Waals surface area contributed by atoms with E-state index in [2.05, 4.69) is 10.2 Å². The topological polar surface area (TPSA) is 86.4 Å². The van der Waals surface area contributed by atoms with Crippen LogP contribution in [0.4, 0.5) is 0 Å². The molecular formula is C20H26N4O3S. The van der Waals surface area contributed by atoms with Crippen LogP contribution in [0.3, 0.4) is 0 Å². The van der Waals surface area contributed by atoms with Gasteiger partial charge in [0.15, 0.2) is 0 Å². The predicted octanol–water partition coefficient (Wildman–Crippen LogP) is 1.59. The SMILES string of the molecule is Cc1n[nH]c(C)c1CC(=O)N1CCN(S(=O)(=O)c2ccc3c(c2)CCC3)CC1. The third kappa shape index (κ3) is 3.46. The summed E-state index contributed by atoms with van der Waals surface area (Å²) in [5, 5.41) is 7.03. The summed E-state index contributed by atoms with van der Waals surface area (Å²) in [6.07, 6.45) is 3.38. The van der Waals surface area contributed by atoms with Gasteiger partial charge in [0.1, 0.15) is 0 Å². The van der Waals surface area contributed by atoms with E-state index in [1.165, 1.54) is 9.87 Å². The van der Waals surface area contributed by atoms with E-state index in [4.69, 9.17) is 0 Å². The first kappa shape index (κ1) is 19.1. The van der Waals surface area contributed by atoms with Crippen LogP contribution >= 0.6 is 0 Å². The van der Waals surface area contributed by atoms with Crippen molar-refractivity contribution in [3.8, 4) is 0 Å². The summed E-state index contributed by atoms with van der Waals surface area (Å²) < 4.78 is 27.5. The van der Waals surface area contributed by atoms with Crippen LogP contribution in [0.25, 0.3) is 0 Å². The number of aromatic nitrogens is 2. The Kier molecular flexibility index (Phi) is 5.01. The van der Waals surface area contributed by atoms with Crippen LogP contribution in [-0.2, 0) is 34.1 Å². The molecule has 1 aromatic heterocycles. The van der Waals surface area contributed by atoms with Crippen molar-refractivity contribution in [3.63, 3.8) is 0 Å². The van der Waals surface area contributed by atoms with E-state index >= 15 is 0 Å². The fraction of sp³-hybridized carbons (Fsp3) is 0.500. The summed E-state index contributed by atoms with van der Waals surface area (Å²) in [6, 6.07) is 5.51. The summed E-state index contributed by atoms with van der Waals surface area (Å²) in [4.78, 5) is 14.8. The third-order valence-electron chi connectivity index (χ3n) is 5.91. The van der Waals surface area contributed by atoms with E-state index in [1.807, 2.05) is 26.0 Å². The molecule has 1 aromatic carbocycles. The minimum atomic E-state index is -3.52. The summed E-state index contributed by atoms with van der Waals surface area (Å²) in [5.74, 6) is 0.0159. The number of H-pyrrole nitrogens is 1. The number of fused-ring (bicyclic) bond motifs is 1. The Morgan fingerprint density at radius 2 is 1.82 bits per heavy atom. The number of nitrogens with one attached hydrogen (secondary N) is 1. The molecule has 1 fully saturated rings. The normalized spacial score (nSPS) is 17.7. The van der Waals surface area contributed by atoms with Crippen LogP contribution in [0.15, 0.2) is 23.1 Å². The summed E-state index contributed by atoms with van der Waals surface area (Å²) in [7, 11) is -3.52. The smallest absolute Gasteiger partial charge is 0.243 e. The van der Waals surface area contributed by atoms with Crippen LogP contribution in [0, 0.1) is 13.8 Å². The number of sulfonamides is 1. The number of rotatable bonds is 4. The predicted molar refractivity (Wildman–Crippen MR) is 106 cm³/mol. The van der Waals surface area contributed by atoms with Crippen molar-refractivity contribution in [2.24, 2.45) is 0 Å². The van der Waals surface area contributed by atoms with Gasteiger partial charge in [0.2, 0.25) is 15.9 Å². The number of carbonyl (C=O) groups excluding carboxylic acids is 1. The first-order chi connectivity index (χ1) is 13.4. The largest absolute Gasteiger partial charge is 0.340 e. The van der Waals surface area contributed by atoms with Crippen LogP contribution in [0.2, 0.25) is 0 Å². The fourth-order valence-electron chi connectivity index (χ4n) is 4.13. The number of hydrogen-bond donors (Lipinski definition) is 1. The van der Waals surface area contributed by atoms with E-state index in [-0.39, 0.29) is 5.91 Å². The number of benzene rings is 1. The molecule has 0 saturated carbocycles. The number of amides is 1. The molecule has 150 valence electrons. The third-order valence-corrected chi connectivity index (χ3v) is 7.80. The first-order valence-electron chi connectivity index (χ1n) is 9.76. The highest BCUT2D eigenvalue weighted by atomic mass is 32.2. The highest BCUT2D eigenvalue weighted by Gasteiger charge is 2.31. The minimum Gasteiger partial charge on any atom is -0.340 e. The molecule has 0 unspecified atom stereocenters. The maximum absolute atomic E-state index is 13.0. The lowest BCUT2D eigenvalue weighted by molar-refractivity contribution is -0.131. The van der Waals surface area contributed by atoms with Gasteiger partial charge in [-0.05, 0) is 56.4 Å². The average molecular weight is 403 g/mol. The van der Waals surface area contributed by atoms with Crippen molar-refractivity contribution in [2.75, 3.05) is 26.2 Å². The van der Waals surface area contributed by atoms with Crippen molar-refractivity contribution >= 4 is 15.9 Å². The molecule has 1 amide bonds. The number of nitrogens with zero attached hydrogens (tertiary/aromatic N) is 3. The zero-order valence-corrected chi connectivity index (χ0v) is 17.2. The van der Waals surface area contributed by atoms with Gasteiger partial charge in [-0.3, -0.25) is 9.89 Å². The Bertz CT molecular complexity index is 985. The van der Waals surface area contributed by atoms with Crippen LogP contribution in [0.1, 0.15) is 34.5 Å². The Labute approximate surface area is 165 Å². The van der Waals surface area contributed by atoms with Crippen molar-refractivity contribution < 1.29 is 13.2 Å². The Morgan fingerprint density at radius 3 is 2.50 bits per heavy atom. The van der Waals surface area contributed by atoms with Gasteiger partial charge < -0.3 is 4.90 Å². The van der Waals surface area contributed by atoms with Crippen molar-refractivity contribution in [1.29, 1.82) is 0 Å². The molecule has 1 aliphatic heterocycles. The molecule has 0 radical (unpaired) electrons. The molecule has 1 aliphatic carbocycles. The Hall–Kier alpha value is -2.19. The van der Waals surface area contributed by atoms with Gasteiger partial charge in [-0.25, -0.2) is 8.42 Å². The lowest BCUT2D eigenvalue weighted by Crippen LogP contribution is -2.50. The zero-order chi connectivity index (χ0) is 19.9. The van der Waals surface area contributed by atoms with E-state index in [0.717, 1.165) is 41.8 Å². The zero-order valence-electron chi connectivity index (χ0n) is 16.4. The van der Waals surface area contributed by atoms with Gasteiger partial charge in [0.05, 0.1) is 17.0 Å². The van der Waals surface area contributed by atoms with E-state index in [9.17, 15) is 13.2 Å². The Morgan fingerprint density at radius 1 is 1.11 bits per heavy atom. The second-order valence-electron chi connectivity index (χ2n) is 7.66. The van der Waals surface area contributed by atoms with E-state index in [0.29, 0.717) is 37.5 Å². The monoisotopic (exact) mass is 402 g/mol. The molecule has 1 N–H and O–H groups in total. The molecule has 1 saturated heterocycles. The van der Waals surface area contributed by atoms with Crippen molar-refractivity contribution in [2.45, 2.75) is 44.4 Å². The molecule has 4 rings (SSSR count). The van der Waals surface area contributed by atoms with Gasteiger partial charge in [-0.2, -0.15) is 9.40 Å². The van der Waals surface area contributed by atoms with Gasteiger partial charge in [0, 0.05) is 37.4 Å².